The number of piperazine rings is 1. The van der Waals surface area contributed by atoms with Crippen molar-refractivity contribution < 1.29 is 9.53 Å². The van der Waals surface area contributed by atoms with Crippen LogP contribution in [0.2, 0.25) is 0 Å². The molecule has 224 valence electrons. The summed E-state index contributed by atoms with van der Waals surface area (Å²) in [6.45, 7) is 9.17. The molecule has 3 aliphatic heterocycles. The van der Waals surface area contributed by atoms with Crippen molar-refractivity contribution in [2.24, 2.45) is 0 Å². The van der Waals surface area contributed by atoms with Crippen LogP contribution in [-0.4, -0.2) is 103 Å². The third-order valence-corrected chi connectivity index (χ3v) is 9.05. The van der Waals surface area contributed by atoms with Gasteiger partial charge in [-0.2, -0.15) is 15.2 Å². The molecule has 4 heterocycles. The van der Waals surface area contributed by atoms with Gasteiger partial charge in [-0.1, -0.05) is 43.0 Å². The van der Waals surface area contributed by atoms with Gasteiger partial charge >= 0.3 is 6.01 Å². The van der Waals surface area contributed by atoms with Gasteiger partial charge in [0.2, 0.25) is 5.91 Å². The van der Waals surface area contributed by atoms with E-state index in [1.165, 1.54) is 22.5 Å². The molecule has 0 aliphatic carbocycles. The normalized spacial score (nSPS) is 20.7. The SMILES string of the molecule is C=CC(=O)N1CCN(c2nc(OCN3CC[C@H](N(C)C)C3)nc3c2CCN(c2cccc4ccccc24)C3)C[C@@H]1CC#N. The van der Waals surface area contributed by atoms with Crippen molar-refractivity contribution in [3.05, 3.63) is 66.4 Å². The van der Waals surface area contributed by atoms with Gasteiger partial charge in [-0.25, -0.2) is 0 Å². The van der Waals surface area contributed by atoms with E-state index in [1.54, 1.807) is 4.90 Å². The second-order valence-electron chi connectivity index (χ2n) is 11.9. The highest BCUT2D eigenvalue weighted by Gasteiger charge is 2.33. The first kappa shape index (κ1) is 28.9. The minimum absolute atomic E-state index is 0.138. The summed E-state index contributed by atoms with van der Waals surface area (Å²) in [6, 6.07) is 17.9. The van der Waals surface area contributed by atoms with E-state index in [0.29, 0.717) is 45.0 Å². The van der Waals surface area contributed by atoms with Crippen LogP contribution in [0.25, 0.3) is 10.8 Å². The molecule has 3 aromatic rings. The molecule has 0 bridgehead atoms. The molecule has 2 fully saturated rings. The molecular weight excluding hydrogens is 540 g/mol. The molecule has 0 saturated carbocycles. The predicted molar refractivity (Wildman–Crippen MR) is 168 cm³/mol. The van der Waals surface area contributed by atoms with Crippen molar-refractivity contribution in [2.45, 2.75) is 37.9 Å². The first-order chi connectivity index (χ1) is 20.9. The summed E-state index contributed by atoms with van der Waals surface area (Å²) in [6.07, 6.45) is 3.49. The summed E-state index contributed by atoms with van der Waals surface area (Å²) < 4.78 is 6.29. The van der Waals surface area contributed by atoms with E-state index in [4.69, 9.17) is 14.7 Å². The van der Waals surface area contributed by atoms with Gasteiger partial charge in [-0.05, 0) is 44.5 Å². The minimum Gasteiger partial charge on any atom is -0.447 e. The van der Waals surface area contributed by atoms with Crippen LogP contribution in [-0.2, 0) is 17.8 Å². The molecule has 10 nitrogen and oxygen atoms in total. The summed E-state index contributed by atoms with van der Waals surface area (Å²) in [5.74, 6) is 0.722. The predicted octanol–water partition coefficient (Wildman–Crippen LogP) is 3.28. The molecule has 0 N–H and O–H groups in total. The number of aromatic nitrogens is 2. The van der Waals surface area contributed by atoms with Crippen molar-refractivity contribution >= 4 is 28.2 Å². The Morgan fingerprint density at radius 2 is 1.93 bits per heavy atom. The molecular formula is C33H40N8O2. The van der Waals surface area contributed by atoms with Crippen LogP contribution in [0.1, 0.15) is 24.1 Å². The lowest BCUT2D eigenvalue weighted by atomic mass is 10.0. The van der Waals surface area contributed by atoms with E-state index in [0.717, 1.165) is 49.6 Å². The molecule has 43 heavy (non-hydrogen) atoms. The molecule has 0 spiro atoms. The Balaban J connectivity index is 1.30. The maximum absolute atomic E-state index is 12.5. The van der Waals surface area contributed by atoms with Crippen LogP contribution < -0.4 is 14.5 Å². The second-order valence-corrected chi connectivity index (χ2v) is 11.9. The Labute approximate surface area is 253 Å². The molecule has 2 atom stereocenters. The molecule has 6 rings (SSSR count). The number of nitriles is 1. The van der Waals surface area contributed by atoms with E-state index in [-0.39, 0.29) is 18.4 Å². The Bertz CT molecular complexity index is 1530. The standard InChI is InChI=1S/C33H40N8O2/c1-4-31(42)41-19-18-40(21-26(41)12-15-34)32-28-14-17-39(30-11-7-9-24-8-5-6-10-27(24)30)22-29(28)35-33(36-32)43-23-38-16-13-25(20-38)37(2)3/h4-11,25-26H,1,12-14,16-23H2,2-3H3/t25-,26-/m0/s1. The van der Waals surface area contributed by atoms with Gasteiger partial charge in [-0.3, -0.25) is 9.69 Å². The number of benzene rings is 2. The summed E-state index contributed by atoms with van der Waals surface area (Å²) >= 11 is 0. The molecule has 0 radical (unpaired) electrons. The molecule has 10 heteroatoms. The zero-order valence-corrected chi connectivity index (χ0v) is 25.2. The highest BCUT2D eigenvalue weighted by molar-refractivity contribution is 5.94. The Hall–Kier alpha value is -4.20. The van der Waals surface area contributed by atoms with Gasteiger partial charge in [0.05, 0.1) is 30.8 Å². The van der Waals surface area contributed by atoms with Gasteiger partial charge < -0.3 is 24.3 Å². The molecule has 1 amide bonds. The first-order valence-electron chi connectivity index (χ1n) is 15.1. The van der Waals surface area contributed by atoms with Crippen molar-refractivity contribution in [2.75, 3.05) is 69.9 Å². The largest absolute Gasteiger partial charge is 0.447 e. The number of carbonyl (C=O) groups is 1. The third-order valence-electron chi connectivity index (χ3n) is 9.05. The van der Waals surface area contributed by atoms with Gasteiger partial charge in [0.25, 0.3) is 0 Å². The van der Waals surface area contributed by atoms with Crippen molar-refractivity contribution in [3.63, 3.8) is 0 Å². The first-order valence-corrected chi connectivity index (χ1v) is 15.1. The Morgan fingerprint density at radius 1 is 1.09 bits per heavy atom. The molecule has 3 aliphatic rings. The lowest BCUT2D eigenvalue weighted by Gasteiger charge is -2.42. The molecule has 0 unspecified atom stereocenters. The van der Waals surface area contributed by atoms with Crippen molar-refractivity contribution in [3.8, 4) is 12.1 Å². The number of hydrogen-bond donors (Lipinski definition) is 0. The topological polar surface area (TPSA) is 92.1 Å². The van der Waals surface area contributed by atoms with Crippen molar-refractivity contribution in [1.82, 2.24) is 24.7 Å². The highest BCUT2D eigenvalue weighted by Crippen LogP contribution is 2.35. The van der Waals surface area contributed by atoms with E-state index in [2.05, 4.69) is 88.8 Å². The number of rotatable bonds is 8. The maximum Gasteiger partial charge on any atom is 0.320 e. The van der Waals surface area contributed by atoms with E-state index >= 15 is 0 Å². The Kier molecular flexibility index (Phi) is 8.45. The van der Waals surface area contributed by atoms with Gasteiger partial charge in [-0.15, -0.1) is 0 Å². The minimum atomic E-state index is -0.234. The summed E-state index contributed by atoms with van der Waals surface area (Å²) in [7, 11) is 4.25. The lowest BCUT2D eigenvalue weighted by molar-refractivity contribution is -0.128. The lowest BCUT2D eigenvalue weighted by Crippen LogP contribution is -2.55. The fourth-order valence-electron chi connectivity index (χ4n) is 6.64. The number of nitrogens with zero attached hydrogens (tertiary/aromatic N) is 8. The fourth-order valence-corrected chi connectivity index (χ4v) is 6.64. The quantitative estimate of drug-likeness (QED) is 0.372. The van der Waals surface area contributed by atoms with Crippen LogP contribution >= 0.6 is 0 Å². The summed E-state index contributed by atoms with van der Waals surface area (Å²) in [5.41, 5.74) is 3.29. The smallest absolute Gasteiger partial charge is 0.320 e. The van der Waals surface area contributed by atoms with E-state index in [9.17, 15) is 10.1 Å². The number of likely N-dealkylation sites (N-methyl/N-ethyl adjacent to an activating group) is 1. The maximum atomic E-state index is 12.5. The Morgan fingerprint density at radius 3 is 2.72 bits per heavy atom. The van der Waals surface area contributed by atoms with Crippen LogP contribution in [0.15, 0.2) is 55.1 Å². The van der Waals surface area contributed by atoms with E-state index < -0.39 is 0 Å². The third kappa shape index (κ3) is 6.01. The molecule has 2 aromatic carbocycles. The highest BCUT2D eigenvalue weighted by atomic mass is 16.5. The fraction of sp³-hybridized carbons (Fsp3) is 0.455. The number of amides is 1. The van der Waals surface area contributed by atoms with Crippen LogP contribution in [0.3, 0.4) is 0 Å². The number of ether oxygens (including phenoxy) is 1. The molecule has 2 saturated heterocycles. The number of likely N-dealkylation sites (tertiary alicyclic amines) is 1. The molecule has 1 aromatic heterocycles. The zero-order chi connectivity index (χ0) is 29.9. The average Bonchev–Trinajstić information content (AvgIpc) is 3.52. The van der Waals surface area contributed by atoms with E-state index in [1.807, 2.05) is 0 Å². The van der Waals surface area contributed by atoms with Crippen LogP contribution in [0.5, 0.6) is 6.01 Å². The van der Waals surface area contributed by atoms with Gasteiger partial charge in [0, 0.05) is 61.9 Å². The summed E-state index contributed by atoms with van der Waals surface area (Å²) in [4.78, 5) is 33.5. The number of carbonyl (C=O) groups excluding carboxylic acids is 1. The van der Waals surface area contributed by atoms with Gasteiger partial charge in [0.15, 0.2) is 0 Å². The number of anilines is 2. The van der Waals surface area contributed by atoms with Crippen LogP contribution in [0, 0.1) is 11.3 Å². The monoisotopic (exact) mass is 580 g/mol. The van der Waals surface area contributed by atoms with Gasteiger partial charge in [0.1, 0.15) is 12.5 Å². The zero-order valence-electron chi connectivity index (χ0n) is 25.2. The number of hydrogen-bond acceptors (Lipinski definition) is 9. The van der Waals surface area contributed by atoms with Crippen molar-refractivity contribution in [1.29, 1.82) is 5.26 Å². The number of fused-ring (bicyclic) bond motifs is 2. The summed E-state index contributed by atoms with van der Waals surface area (Å²) in [5, 5.41) is 12.0. The average molecular weight is 581 g/mol. The van der Waals surface area contributed by atoms with Crippen LogP contribution in [0.4, 0.5) is 11.5 Å². The second kappa shape index (κ2) is 12.6.